The lowest BCUT2D eigenvalue weighted by Gasteiger charge is -2.34. The molecule has 0 bridgehead atoms. The van der Waals surface area contributed by atoms with Crippen molar-refractivity contribution in [2.45, 2.75) is 25.4 Å². The van der Waals surface area contributed by atoms with E-state index in [2.05, 4.69) is 0 Å². The van der Waals surface area contributed by atoms with Crippen molar-refractivity contribution in [3.63, 3.8) is 0 Å². The number of carbonyl (C=O) groups is 1. The van der Waals surface area contributed by atoms with Crippen LogP contribution in [-0.4, -0.2) is 12.0 Å². The van der Waals surface area contributed by atoms with Crippen LogP contribution in [0.25, 0.3) is 0 Å². The van der Waals surface area contributed by atoms with Crippen molar-refractivity contribution in [1.82, 2.24) is 0 Å². The fourth-order valence-corrected chi connectivity index (χ4v) is 1.13. The zero-order chi connectivity index (χ0) is 6.20. The molecule has 1 aliphatic rings. The summed E-state index contributed by atoms with van der Waals surface area (Å²) in [6.45, 7) is 1.53. The third-order valence-corrected chi connectivity index (χ3v) is 1.57. The van der Waals surface area contributed by atoms with Crippen molar-refractivity contribution < 1.29 is 9.18 Å². The molecule has 0 spiro atoms. The van der Waals surface area contributed by atoms with Crippen LogP contribution in [-0.2, 0) is 4.79 Å². The monoisotopic (exact) mass is 116 g/mol. The molecule has 1 rings (SSSR count). The molecule has 0 N–H and O–H groups in total. The Kier molecular flexibility index (Phi) is 1.10. The largest absolute Gasteiger partial charge is 0.303 e. The van der Waals surface area contributed by atoms with Gasteiger partial charge in [0.2, 0.25) is 0 Å². The molecule has 8 heavy (non-hydrogen) atoms. The number of hydrogen-bond donors (Lipinski definition) is 0. The molecule has 1 nitrogen and oxygen atoms in total. The van der Waals surface area contributed by atoms with E-state index in [0.29, 0.717) is 12.8 Å². The fraction of sp³-hybridized carbons (Fsp3) is 0.833. The summed E-state index contributed by atoms with van der Waals surface area (Å²) in [5.74, 6) is 0.00463. The van der Waals surface area contributed by atoms with Crippen LogP contribution in [0.3, 0.4) is 0 Å². The van der Waals surface area contributed by atoms with Gasteiger partial charge in [-0.05, 0) is 19.8 Å². The molecule has 46 valence electrons. The normalized spacial score (nSPS) is 45.5. The fourth-order valence-electron chi connectivity index (χ4n) is 1.13. The van der Waals surface area contributed by atoms with Gasteiger partial charge < -0.3 is 4.79 Å². The van der Waals surface area contributed by atoms with Crippen molar-refractivity contribution in [1.29, 1.82) is 0 Å². The summed E-state index contributed by atoms with van der Waals surface area (Å²) in [6.07, 6.45) is 1.69. The summed E-state index contributed by atoms with van der Waals surface area (Å²) in [7, 11) is 0. The van der Waals surface area contributed by atoms with Crippen LogP contribution in [0.2, 0.25) is 0 Å². The Morgan fingerprint density at radius 1 is 1.75 bits per heavy atom. The van der Waals surface area contributed by atoms with Crippen molar-refractivity contribution in [3.8, 4) is 0 Å². The Labute approximate surface area is 47.9 Å². The van der Waals surface area contributed by atoms with Gasteiger partial charge in [0.15, 0.2) is 0 Å². The molecule has 0 unspecified atom stereocenters. The van der Waals surface area contributed by atoms with E-state index in [4.69, 9.17) is 0 Å². The van der Waals surface area contributed by atoms with Gasteiger partial charge in [-0.25, -0.2) is 4.39 Å². The number of alkyl halides is 1. The number of rotatable bonds is 1. The molecule has 0 aromatic heterocycles. The van der Waals surface area contributed by atoms with Crippen LogP contribution < -0.4 is 0 Å². The number of halogens is 1. The zero-order valence-electron chi connectivity index (χ0n) is 4.86. The van der Waals surface area contributed by atoms with Gasteiger partial charge in [-0.2, -0.15) is 0 Å². The van der Waals surface area contributed by atoms with E-state index in [9.17, 15) is 9.18 Å². The van der Waals surface area contributed by atoms with Crippen molar-refractivity contribution in [2.24, 2.45) is 5.92 Å². The summed E-state index contributed by atoms with van der Waals surface area (Å²) in [6, 6.07) is 0. The Morgan fingerprint density at radius 2 is 2.25 bits per heavy atom. The molecule has 0 aliphatic heterocycles. The predicted molar refractivity (Wildman–Crippen MR) is 28.3 cm³/mol. The first-order valence-corrected chi connectivity index (χ1v) is 2.78. The Balaban J connectivity index is 2.31. The van der Waals surface area contributed by atoms with Crippen LogP contribution in [0.15, 0.2) is 0 Å². The maximum Gasteiger partial charge on any atom is 0.123 e. The molecule has 0 atom stereocenters. The maximum atomic E-state index is 12.5. The maximum absolute atomic E-state index is 12.5. The highest BCUT2D eigenvalue weighted by molar-refractivity contribution is 5.55. The van der Waals surface area contributed by atoms with Gasteiger partial charge in [-0.3, -0.25) is 0 Å². The van der Waals surface area contributed by atoms with E-state index in [1.807, 2.05) is 0 Å². The molecule has 2 heteroatoms. The van der Waals surface area contributed by atoms with Crippen LogP contribution in [0, 0.1) is 5.92 Å². The molecule has 0 saturated heterocycles. The van der Waals surface area contributed by atoms with Crippen molar-refractivity contribution >= 4 is 6.29 Å². The molecule has 0 radical (unpaired) electrons. The molecule has 0 aromatic carbocycles. The SMILES string of the molecule is CC1(F)CC(C=O)C1. The van der Waals surface area contributed by atoms with Gasteiger partial charge in [0.05, 0.1) is 0 Å². The molecular weight excluding hydrogens is 107 g/mol. The minimum Gasteiger partial charge on any atom is -0.303 e. The molecule has 1 fully saturated rings. The van der Waals surface area contributed by atoms with Crippen molar-refractivity contribution in [2.75, 3.05) is 0 Å². The highest BCUT2D eigenvalue weighted by Gasteiger charge is 2.39. The predicted octanol–water partition coefficient (Wildman–Crippen LogP) is 1.32. The quantitative estimate of drug-likeness (QED) is 0.472. The molecule has 0 amide bonds. The lowest BCUT2D eigenvalue weighted by Crippen LogP contribution is -2.37. The molecule has 1 saturated carbocycles. The van der Waals surface area contributed by atoms with E-state index in [0.717, 1.165) is 6.29 Å². The summed E-state index contributed by atoms with van der Waals surface area (Å²) in [4.78, 5) is 9.91. The highest BCUT2D eigenvalue weighted by Crippen LogP contribution is 2.39. The second kappa shape index (κ2) is 1.54. The van der Waals surface area contributed by atoms with Gasteiger partial charge in [0, 0.05) is 5.92 Å². The average molecular weight is 116 g/mol. The van der Waals surface area contributed by atoms with Gasteiger partial charge in [-0.1, -0.05) is 0 Å². The molecule has 0 heterocycles. The molecule has 1 aliphatic carbocycles. The average Bonchev–Trinajstić information content (AvgIpc) is 1.60. The summed E-state index contributed by atoms with van der Waals surface area (Å²) in [5.41, 5.74) is -1.04. The lowest BCUT2D eigenvalue weighted by molar-refractivity contribution is -0.118. The van der Waals surface area contributed by atoms with Gasteiger partial charge >= 0.3 is 0 Å². The first kappa shape index (κ1) is 5.73. The van der Waals surface area contributed by atoms with Crippen molar-refractivity contribution in [3.05, 3.63) is 0 Å². The van der Waals surface area contributed by atoms with Gasteiger partial charge in [0.25, 0.3) is 0 Å². The third kappa shape index (κ3) is 0.881. The minimum atomic E-state index is -1.04. The Hall–Kier alpha value is -0.400. The summed E-state index contributed by atoms with van der Waals surface area (Å²) < 4.78 is 12.5. The highest BCUT2D eigenvalue weighted by atomic mass is 19.1. The second-order valence-corrected chi connectivity index (χ2v) is 2.72. The van der Waals surface area contributed by atoms with Crippen LogP contribution in [0.5, 0.6) is 0 Å². The van der Waals surface area contributed by atoms with E-state index in [1.165, 1.54) is 6.92 Å². The standard InChI is InChI=1S/C6H9FO/c1-6(7)2-5(3-6)4-8/h4-5H,2-3H2,1H3. The first-order valence-electron chi connectivity index (χ1n) is 2.78. The Bertz CT molecular complexity index is 101. The first-order chi connectivity index (χ1) is 3.64. The van der Waals surface area contributed by atoms with E-state index in [1.54, 1.807) is 0 Å². The van der Waals surface area contributed by atoms with E-state index >= 15 is 0 Å². The van der Waals surface area contributed by atoms with Gasteiger partial charge in [-0.15, -0.1) is 0 Å². The number of aldehydes is 1. The number of carbonyl (C=O) groups excluding carboxylic acids is 1. The zero-order valence-corrected chi connectivity index (χ0v) is 4.86. The number of hydrogen-bond acceptors (Lipinski definition) is 1. The second-order valence-electron chi connectivity index (χ2n) is 2.72. The van der Waals surface area contributed by atoms with E-state index in [-0.39, 0.29) is 5.92 Å². The van der Waals surface area contributed by atoms with Crippen LogP contribution in [0.4, 0.5) is 4.39 Å². The third-order valence-electron chi connectivity index (χ3n) is 1.57. The van der Waals surface area contributed by atoms with Gasteiger partial charge in [0.1, 0.15) is 12.0 Å². The smallest absolute Gasteiger partial charge is 0.123 e. The topological polar surface area (TPSA) is 17.1 Å². The summed E-state index contributed by atoms with van der Waals surface area (Å²) >= 11 is 0. The lowest BCUT2D eigenvalue weighted by atomic mass is 9.74. The Morgan fingerprint density at radius 3 is 2.38 bits per heavy atom. The van der Waals surface area contributed by atoms with Crippen LogP contribution in [0.1, 0.15) is 19.8 Å². The molecular formula is C6H9FO. The minimum absolute atomic E-state index is 0.00463. The summed E-state index contributed by atoms with van der Waals surface area (Å²) in [5, 5.41) is 0. The van der Waals surface area contributed by atoms with Crippen LogP contribution >= 0.6 is 0 Å². The molecule has 0 aromatic rings. The van der Waals surface area contributed by atoms with E-state index < -0.39 is 5.67 Å².